The Hall–Kier alpha value is -0.470. The molecule has 1 N–H and O–H groups in total. The molecule has 0 heterocycles. The molecule has 1 aromatic carbocycles. The Morgan fingerprint density at radius 2 is 1.83 bits per heavy atom. The minimum absolute atomic E-state index is 0.474. The summed E-state index contributed by atoms with van der Waals surface area (Å²) in [7, 11) is 0. The van der Waals surface area contributed by atoms with Crippen molar-refractivity contribution in [2.45, 2.75) is 45.9 Å². The third-order valence-electron chi connectivity index (χ3n) is 3.48. The number of benzene rings is 1. The monoisotopic (exact) mass is 265 g/mol. The largest absolute Gasteiger partial charge is 0.310 e. The fourth-order valence-corrected chi connectivity index (χ4v) is 3.10. The van der Waals surface area contributed by atoms with Gasteiger partial charge in [0.1, 0.15) is 0 Å². The number of rotatable bonds is 7. The van der Waals surface area contributed by atoms with Gasteiger partial charge in [-0.15, -0.1) is 0 Å². The maximum Gasteiger partial charge on any atom is 0.0414 e. The molecule has 2 unspecified atom stereocenters. The molecule has 0 spiro atoms. The molecule has 2 heteroatoms. The van der Waals surface area contributed by atoms with E-state index in [9.17, 15) is 0 Å². The zero-order chi connectivity index (χ0) is 13.5. The Morgan fingerprint density at radius 1 is 1.17 bits per heavy atom. The smallest absolute Gasteiger partial charge is 0.0414 e. The lowest BCUT2D eigenvalue weighted by Gasteiger charge is -2.23. The van der Waals surface area contributed by atoms with Gasteiger partial charge in [0.25, 0.3) is 0 Å². The van der Waals surface area contributed by atoms with E-state index in [2.05, 4.69) is 76.0 Å². The molecular weight excluding hydrogens is 238 g/mol. The minimum atomic E-state index is 0.474. The first-order chi connectivity index (χ1) is 8.56. The van der Waals surface area contributed by atoms with E-state index in [0.717, 1.165) is 23.5 Å². The highest BCUT2D eigenvalue weighted by molar-refractivity contribution is 7.99. The van der Waals surface area contributed by atoms with Crippen LogP contribution in [-0.4, -0.2) is 17.5 Å². The van der Waals surface area contributed by atoms with Crippen molar-refractivity contribution in [3.05, 3.63) is 35.4 Å². The Balaban J connectivity index is 2.68. The summed E-state index contributed by atoms with van der Waals surface area (Å²) in [5.74, 6) is 1.90. The molecule has 1 nitrogen and oxygen atoms in total. The van der Waals surface area contributed by atoms with Gasteiger partial charge < -0.3 is 5.32 Å². The van der Waals surface area contributed by atoms with Gasteiger partial charge in [0.05, 0.1) is 0 Å². The standard InChI is InChI=1S/C16H27NS/c1-6-17-16(11-18-14(5)12(2)3)15-10-8-7-9-13(15)4/h7-10,12,14,16-17H,6,11H2,1-5H3. The summed E-state index contributed by atoms with van der Waals surface area (Å²) in [4.78, 5) is 0. The van der Waals surface area contributed by atoms with Crippen molar-refractivity contribution < 1.29 is 0 Å². The van der Waals surface area contributed by atoms with Crippen molar-refractivity contribution in [1.82, 2.24) is 5.32 Å². The fourth-order valence-electron chi connectivity index (χ4n) is 1.92. The summed E-state index contributed by atoms with van der Waals surface area (Å²) in [6.07, 6.45) is 0. The molecule has 18 heavy (non-hydrogen) atoms. The summed E-state index contributed by atoms with van der Waals surface area (Å²) in [5.41, 5.74) is 2.84. The second-order valence-electron chi connectivity index (χ2n) is 5.25. The van der Waals surface area contributed by atoms with Crippen molar-refractivity contribution in [2.75, 3.05) is 12.3 Å². The number of hydrogen-bond acceptors (Lipinski definition) is 2. The van der Waals surface area contributed by atoms with Crippen LogP contribution >= 0.6 is 11.8 Å². The zero-order valence-corrected chi connectivity index (χ0v) is 13.2. The Morgan fingerprint density at radius 3 is 2.39 bits per heavy atom. The van der Waals surface area contributed by atoms with Gasteiger partial charge in [-0.25, -0.2) is 0 Å². The van der Waals surface area contributed by atoms with Crippen LogP contribution in [0.15, 0.2) is 24.3 Å². The highest BCUT2D eigenvalue weighted by atomic mass is 32.2. The predicted octanol–water partition coefficient (Wildman–Crippen LogP) is 4.42. The molecule has 0 amide bonds. The summed E-state index contributed by atoms with van der Waals surface area (Å²) < 4.78 is 0. The molecule has 0 radical (unpaired) electrons. The van der Waals surface area contributed by atoms with Gasteiger partial charge in [0.15, 0.2) is 0 Å². The normalized spacial score (nSPS) is 14.8. The average Bonchev–Trinajstić information content (AvgIpc) is 2.35. The van der Waals surface area contributed by atoms with E-state index in [4.69, 9.17) is 0 Å². The van der Waals surface area contributed by atoms with Gasteiger partial charge in [0.2, 0.25) is 0 Å². The van der Waals surface area contributed by atoms with E-state index in [1.165, 1.54) is 11.1 Å². The van der Waals surface area contributed by atoms with E-state index in [-0.39, 0.29) is 0 Å². The minimum Gasteiger partial charge on any atom is -0.310 e. The Kier molecular flexibility index (Phi) is 6.80. The van der Waals surface area contributed by atoms with Crippen molar-refractivity contribution >= 4 is 11.8 Å². The highest BCUT2D eigenvalue weighted by Crippen LogP contribution is 2.26. The SMILES string of the molecule is CCNC(CSC(C)C(C)C)c1ccccc1C. The lowest BCUT2D eigenvalue weighted by atomic mass is 10.0. The first-order valence-electron chi connectivity index (χ1n) is 6.96. The van der Waals surface area contributed by atoms with Gasteiger partial charge >= 0.3 is 0 Å². The molecule has 0 saturated carbocycles. The van der Waals surface area contributed by atoms with Crippen molar-refractivity contribution in [3.8, 4) is 0 Å². The lowest BCUT2D eigenvalue weighted by molar-refractivity contribution is 0.596. The van der Waals surface area contributed by atoms with Crippen LogP contribution in [0.4, 0.5) is 0 Å². The van der Waals surface area contributed by atoms with Crippen LogP contribution in [0.25, 0.3) is 0 Å². The van der Waals surface area contributed by atoms with Crippen LogP contribution in [0.1, 0.15) is 44.9 Å². The van der Waals surface area contributed by atoms with Gasteiger partial charge in [0, 0.05) is 17.0 Å². The van der Waals surface area contributed by atoms with Crippen LogP contribution in [-0.2, 0) is 0 Å². The number of aryl methyl sites for hydroxylation is 1. The maximum atomic E-state index is 3.61. The molecule has 1 rings (SSSR count). The topological polar surface area (TPSA) is 12.0 Å². The average molecular weight is 265 g/mol. The van der Waals surface area contributed by atoms with Crippen LogP contribution in [0.3, 0.4) is 0 Å². The van der Waals surface area contributed by atoms with Crippen molar-refractivity contribution in [3.63, 3.8) is 0 Å². The molecule has 0 bridgehead atoms. The first-order valence-corrected chi connectivity index (χ1v) is 8.01. The summed E-state index contributed by atoms with van der Waals surface area (Å²) in [5, 5.41) is 4.33. The van der Waals surface area contributed by atoms with Crippen LogP contribution in [0.2, 0.25) is 0 Å². The number of hydrogen-bond donors (Lipinski definition) is 1. The van der Waals surface area contributed by atoms with Gasteiger partial charge in [-0.1, -0.05) is 52.0 Å². The molecule has 2 atom stereocenters. The lowest BCUT2D eigenvalue weighted by Crippen LogP contribution is -2.25. The Labute approximate surface area is 117 Å². The van der Waals surface area contributed by atoms with E-state index in [1.807, 2.05) is 0 Å². The first kappa shape index (κ1) is 15.6. The van der Waals surface area contributed by atoms with Crippen LogP contribution in [0.5, 0.6) is 0 Å². The van der Waals surface area contributed by atoms with Crippen molar-refractivity contribution in [2.24, 2.45) is 5.92 Å². The summed E-state index contributed by atoms with van der Waals surface area (Å²) >= 11 is 2.07. The quantitative estimate of drug-likeness (QED) is 0.783. The fraction of sp³-hybridized carbons (Fsp3) is 0.625. The molecular formula is C16H27NS. The van der Waals surface area contributed by atoms with Gasteiger partial charge in [-0.05, 0) is 30.5 Å². The third-order valence-corrected chi connectivity index (χ3v) is 5.07. The molecule has 0 aromatic heterocycles. The van der Waals surface area contributed by atoms with E-state index in [0.29, 0.717) is 6.04 Å². The second-order valence-corrected chi connectivity index (χ2v) is 6.66. The Bertz CT molecular complexity index is 349. The van der Waals surface area contributed by atoms with E-state index < -0.39 is 0 Å². The van der Waals surface area contributed by atoms with E-state index >= 15 is 0 Å². The van der Waals surface area contributed by atoms with Crippen LogP contribution in [0, 0.1) is 12.8 Å². The molecule has 0 aliphatic rings. The number of nitrogens with one attached hydrogen (secondary N) is 1. The summed E-state index contributed by atoms with van der Waals surface area (Å²) in [6.45, 7) is 12.3. The number of thioether (sulfide) groups is 1. The maximum absolute atomic E-state index is 3.61. The molecule has 0 saturated heterocycles. The van der Waals surface area contributed by atoms with Crippen LogP contribution < -0.4 is 5.32 Å². The van der Waals surface area contributed by atoms with Gasteiger partial charge in [-0.2, -0.15) is 11.8 Å². The second kappa shape index (κ2) is 7.85. The molecule has 102 valence electrons. The zero-order valence-electron chi connectivity index (χ0n) is 12.4. The van der Waals surface area contributed by atoms with E-state index in [1.54, 1.807) is 0 Å². The van der Waals surface area contributed by atoms with Gasteiger partial charge in [-0.3, -0.25) is 0 Å². The third kappa shape index (κ3) is 4.66. The van der Waals surface area contributed by atoms with Crippen molar-refractivity contribution in [1.29, 1.82) is 0 Å². The molecule has 0 aliphatic carbocycles. The highest BCUT2D eigenvalue weighted by Gasteiger charge is 2.15. The summed E-state index contributed by atoms with van der Waals surface area (Å²) in [6, 6.07) is 9.19. The molecule has 0 fully saturated rings. The predicted molar refractivity (Wildman–Crippen MR) is 84.4 cm³/mol. The molecule has 1 aromatic rings. The molecule has 0 aliphatic heterocycles.